The summed E-state index contributed by atoms with van der Waals surface area (Å²) in [5, 5.41) is 10.6. The Morgan fingerprint density at radius 1 is 0.906 bits per heavy atom. The lowest BCUT2D eigenvalue weighted by Crippen LogP contribution is -2.46. The molecule has 0 atom stereocenters. The van der Waals surface area contributed by atoms with Gasteiger partial charge in [-0.25, -0.2) is 0 Å². The average molecular weight is 441 g/mol. The summed E-state index contributed by atoms with van der Waals surface area (Å²) in [6.07, 6.45) is 5.01. The summed E-state index contributed by atoms with van der Waals surface area (Å²) in [4.78, 5) is 19.6. The smallest absolute Gasteiger partial charge is 0.223 e. The minimum Gasteiger partial charge on any atom is -0.503 e. The van der Waals surface area contributed by atoms with Crippen LogP contribution >= 0.6 is 0 Å². The van der Waals surface area contributed by atoms with Gasteiger partial charge in [-0.1, -0.05) is 25.0 Å². The van der Waals surface area contributed by atoms with Crippen LogP contribution in [0.15, 0.2) is 35.1 Å². The quantitative estimate of drug-likeness (QED) is 0.745. The molecule has 2 fully saturated rings. The van der Waals surface area contributed by atoms with Crippen LogP contribution in [-0.4, -0.2) is 65.9 Å². The van der Waals surface area contributed by atoms with Gasteiger partial charge in [0.15, 0.2) is 5.75 Å². The number of benzene rings is 1. The van der Waals surface area contributed by atoms with Gasteiger partial charge in [-0.3, -0.25) is 14.6 Å². The van der Waals surface area contributed by atoms with Gasteiger partial charge >= 0.3 is 0 Å². The highest BCUT2D eigenvalue weighted by atomic mass is 16.5. The van der Waals surface area contributed by atoms with E-state index in [0.29, 0.717) is 12.2 Å². The third kappa shape index (κ3) is 5.10. The van der Waals surface area contributed by atoms with Crippen molar-refractivity contribution in [3.63, 3.8) is 0 Å². The molecule has 1 N–H and O–H groups in total. The SMILES string of the molecule is COc1ccccc1N1CCN(Cc2c(O)c(=O)cc(CN3CCCCCC3)n2C)CC1. The van der Waals surface area contributed by atoms with E-state index in [9.17, 15) is 9.90 Å². The lowest BCUT2D eigenvalue weighted by atomic mass is 10.2. The van der Waals surface area contributed by atoms with Crippen molar-refractivity contribution in [3.05, 3.63) is 51.9 Å². The Hall–Kier alpha value is -2.51. The topological polar surface area (TPSA) is 61.2 Å². The molecule has 0 bridgehead atoms. The van der Waals surface area contributed by atoms with Crippen molar-refractivity contribution >= 4 is 5.69 Å². The van der Waals surface area contributed by atoms with Gasteiger partial charge in [0.2, 0.25) is 5.43 Å². The fourth-order valence-electron chi connectivity index (χ4n) is 4.90. The van der Waals surface area contributed by atoms with Crippen LogP contribution in [0, 0.1) is 0 Å². The van der Waals surface area contributed by atoms with E-state index in [1.165, 1.54) is 25.7 Å². The molecule has 2 aliphatic heterocycles. The summed E-state index contributed by atoms with van der Waals surface area (Å²) in [5.41, 5.74) is 2.55. The van der Waals surface area contributed by atoms with Crippen molar-refractivity contribution in [2.24, 2.45) is 7.05 Å². The Bertz CT molecular complexity index is 958. The maximum Gasteiger partial charge on any atom is 0.223 e. The summed E-state index contributed by atoms with van der Waals surface area (Å²) in [5.74, 6) is 0.779. The molecular weight excluding hydrogens is 404 g/mol. The molecule has 0 aliphatic carbocycles. The van der Waals surface area contributed by atoms with Crippen molar-refractivity contribution in [3.8, 4) is 11.5 Å². The second-order valence-electron chi connectivity index (χ2n) is 8.98. The first kappa shape index (κ1) is 22.7. The van der Waals surface area contributed by atoms with E-state index in [1.807, 2.05) is 29.8 Å². The number of hydrogen-bond donors (Lipinski definition) is 1. The molecule has 0 radical (unpaired) electrons. The highest BCUT2D eigenvalue weighted by Crippen LogP contribution is 2.29. The number of methoxy groups -OCH3 is 1. The summed E-state index contributed by atoms with van der Waals surface area (Å²) >= 11 is 0. The van der Waals surface area contributed by atoms with Gasteiger partial charge in [-0.2, -0.15) is 0 Å². The third-order valence-corrected chi connectivity index (χ3v) is 6.90. The minimum absolute atomic E-state index is 0.112. The average Bonchev–Trinajstić information content (AvgIpc) is 3.09. The van der Waals surface area contributed by atoms with Gasteiger partial charge in [0, 0.05) is 58.1 Å². The Balaban J connectivity index is 1.45. The van der Waals surface area contributed by atoms with Crippen LogP contribution in [0.4, 0.5) is 5.69 Å². The van der Waals surface area contributed by atoms with Crippen LogP contribution in [0.2, 0.25) is 0 Å². The minimum atomic E-state index is -0.268. The van der Waals surface area contributed by atoms with Crippen LogP contribution in [0.5, 0.6) is 11.5 Å². The number of pyridine rings is 1. The van der Waals surface area contributed by atoms with Crippen molar-refractivity contribution in [1.29, 1.82) is 0 Å². The monoisotopic (exact) mass is 440 g/mol. The predicted molar refractivity (Wildman–Crippen MR) is 128 cm³/mol. The third-order valence-electron chi connectivity index (χ3n) is 6.90. The summed E-state index contributed by atoms with van der Waals surface area (Å²) in [7, 11) is 3.68. The van der Waals surface area contributed by atoms with Gasteiger partial charge < -0.3 is 19.3 Å². The van der Waals surface area contributed by atoms with Crippen molar-refractivity contribution < 1.29 is 9.84 Å². The molecular formula is C25H36N4O3. The molecule has 2 saturated heterocycles. The van der Waals surface area contributed by atoms with E-state index in [2.05, 4.69) is 20.8 Å². The first-order valence-corrected chi connectivity index (χ1v) is 11.8. The molecule has 1 aromatic carbocycles. The number of aromatic nitrogens is 1. The largest absolute Gasteiger partial charge is 0.503 e. The van der Waals surface area contributed by atoms with Crippen LogP contribution < -0.4 is 15.1 Å². The number of hydrogen-bond acceptors (Lipinski definition) is 6. The lowest BCUT2D eigenvalue weighted by molar-refractivity contribution is 0.236. The summed E-state index contributed by atoms with van der Waals surface area (Å²) in [6, 6.07) is 9.72. The van der Waals surface area contributed by atoms with Crippen LogP contribution in [-0.2, 0) is 20.1 Å². The Labute approximate surface area is 190 Å². The molecule has 7 nitrogen and oxygen atoms in total. The maximum absolute atomic E-state index is 12.5. The molecule has 32 heavy (non-hydrogen) atoms. The Morgan fingerprint density at radius 2 is 1.56 bits per heavy atom. The summed E-state index contributed by atoms with van der Waals surface area (Å²) in [6.45, 7) is 6.98. The number of aromatic hydroxyl groups is 1. The molecule has 3 heterocycles. The second-order valence-corrected chi connectivity index (χ2v) is 8.98. The molecule has 0 spiro atoms. The zero-order valence-electron chi connectivity index (χ0n) is 19.4. The van der Waals surface area contributed by atoms with E-state index in [-0.39, 0.29) is 11.2 Å². The molecule has 0 saturated carbocycles. The van der Waals surface area contributed by atoms with E-state index in [4.69, 9.17) is 4.74 Å². The number of rotatable bonds is 6. The number of para-hydroxylation sites is 2. The van der Waals surface area contributed by atoms with Crippen molar-refractivity contribution in [2.45, 2.75) is 38.8 Å². The van der Waals surface area contributed by atoms with Gasteiger partial charge in [-0.05, 0) is 38.1 Å². The number of likely N-dealkylation sites (tertiary alicyclic amines) is 1. The van der Waals surface area contributed by atoms with E-state index >= 15 is 0 Å². The van der Waals surface area contributed by atoms with Crippen LogP contribution in [0.3, 0.4) is 0 Å². The van der Waals surface area contributed by atoms with Gasteiger partial charge in [0.25, 0.3) is 0 Å². The lowest BCUT2D eigenvalue weighted by Gasteiger charge is -2.37. The zero-order valence-corrected chi connectivity index (χ0v) is 19.4. The molecule has 174 valence electrons. The molecule has 0 unspecified atom stereocenters. The Morgan fingerprint density at radius 3 is 2.25 bits per heavy atom. The number of nitrogens with zero attached hydrogens (tertiary/aromatic N) is 4. The van der Waals surface area contributed by atoms with Gasteiger partial charge in [-0.15, -0.1) is 0 Å². The van der Waals surface area contributed by atoms with Crippen molar-refractivity contribution in [1.82, 2.24) is 14.4 Å². The number of ether oxygens (including phenoxy) is 1. The summed E-state index contributed by atoms with van der Waals surface area (Å²) < 4.78 is 7.55. The highest BCUT2D eigenvalue weighted by molar-refractivity contribution is 5.58. The van der Waals surface area contributed by atoms with Crippen LogP contribution in [0.25, 0.3) is 0 Å². The fourth-order valence-corrected chi connectivity index (χ4v) is 4.90. The first-order chi connectivity index (χ1) is 15.6. The molecule has 7 heteroatoms. The fraction of sp³-hybridized carbons (Fsp3) is 0.560. The zero-order chi connectivity index (χ0) is 22.5. The van der Waals surface area contributed by atoms with Gasteiger partial charge in [0.05, 0.1) is 18.5 Å². The molecule has 1 aromatic heterocycles. The normalized spacial score (nSPS) is 18.5. The number of piperazine rings is 1. The molecule has 2 aliphatic rings. The molecule has 0 amide bonds. The van der Waals surface area contributed by atoms with Gasteiger partial charge in [0.1, 0.15) is 5.75 Å². The number of anilines is 1. The van der Waals surface area contributed by atoms with E-state index < -0.39 is 0 Å². The van der Waals surface area contributed by atoms with E-state index in [0.717, 1.165) is 62.9 Å². The van der Waals surface area contributed by atoms with Crippen LogP contribution in [0.1, 0.15) is 37.1 Å². The van der Waals surface area contributed by atoms with Crippen molar-refractivity contribution in [2.75, 3.05) is 51.3 Å². The molecule has 4 rings (SSSR count). The Kier molecular flexibility index (Phi) is 7.37. The maximum atomic E-state index is 12.5. The first-order valence-electron chi connectivity index (χ1n) is 11.8. The predicted octanol–water partition coefficient (Wildman–Crippen LogP) is 2.80. The standard InChI is InChI=1S/C25H36N4O3/c1-26-20(18-27-11-7-3-4-8-12-27)17-23(30)25(31)22(26)19-28-13-15-29(16-14-28)21-9-5-6-10-24(21)32-2/h5-6,9-10,17,31H,3-4,7-8,11-16,18-19H2,1-2H3. The highest BCUT2D eigenvalue weighted by Gasteiger charge is 2.23. The second kappa shape index (κ2) is 10.4. The van der Waals surface area contributed by atoms with E-state index in [1.54, 1.807) is 13.2 Å². The molecule has 2 aromatic rings.